The van der Waals surface area contributed by atoms with Gasteiger partial charge in [-0.25, -0.2) is 10.8 Å². The number of aromatic nitrogens is 1. The number of amides is 1. The SMILES string of the molecule is N#[11C]c1cc(C(=O)NN)ccn1. The van der Waals surface area contributed by atoms with E-state index in [2.05, 4.69) is 4.98 Å². The summed E-state index contributed by atoms with van der Waals surface area (Å²) in [5.41, 5.74) is 2.47. The number of nitrogens with two attached hydrogens (primary N) is 1. The first-order valence-corrected chi connectivity index (χ1v) is 3.15. The molecule has 5 heteroatoms. The molecule has 0 aliphatic heterocycles. The summed E-state index contributed by atoms with van der Waals surface area (Å²) in [5, 5.41) is 8.44. The van der Waals surface area contributed by atoms with Crippen molar-refractivity contribution >= 4 is 5.91 Å². The van der Waals surface area contributed by atoms with Crippen LogP contribution in [0.1, 0.15) is 16.1 Å². The van der Waals surface area contributed by atoms with Crippen molar-refractivity contribution in [2.75, 3.05) is 0 Å². The number of nitriles is 1. The van der Waals surface area contributed by atoms with Gasteiger partial charge in [0, 0.05) is 11.8 Å². The Labute approximate surface area is 68.8 Å². The van der Waals surface area contributed by atoms with Crippen LogP contribution in [0.5, 0.6) is 0 Å². The molecule has 0 aliphatic rings. The second kappa shape index (κ2) is 3.46. The van der Waals surface area contributed by atoms with E-state index in [1.54, 1.807) is 0 Å². The summed E-state index contributed by atoms with van der Waals surface area (Å²) in [5.74, 6) is 4.46. The number of nitrogens with zero attached hydrogens (tertiary/aromatic N) is 2. The molecule has 0 saturated heterocycles. The minimum atomic E-state index is -0.436. The van der Waals surface area contributed by atoms with Crippen LogP contribution in [0.4, 0.5) is 0 Å². The molecule has 0 fully saturated rings. The predicted octanol–water partition coefficient (Wildman–Crippen LogP) is -0.443. The van der Waals surface area contributed by atoms with Gasteiger partial charge in [0.05, 0.1) is 0 Å². The first kappa shape index (κ1) is 8.17. The summed E-state index contributed by atoms with van der Waals surface area (Å²) in [4.78, 5) is 14.6. The van der Waals surface area contributed by atoms with E-state index in [0.29, 0.717) is 5.56 Å². The van der Waals surface area contributed by atoms with Gasteiger partial charge in [-0.3, -0.25) is 10.2 Å². The Morgan fingerprint density at radius 3 is 3.08 bits per heavy atom. The zero-order valence-electron chi connectivity index (χ0n) is 6.11. The maximum atomic E-state index is 10.9. The fraction of sp³-hybridized carbons (Fsp3) is 0. The van der Waals surface area contributed by atoms with Crippen LogP contribution in [0.15, 0.2) is 18.3 Å². The van der Waals surface area contributed by atoms with Gasteiger partial charge in [0.25, 0.3) is 5.91 Å². The Hall–Kier alpha value is -1.93. The molecule has 0 bridgehead atoms. The Morgan fingerprint density at radius 1 is 1.75 bits per heavy atom. The highest BCUT2D eigenvalue weighted by molar-refractivity contribution is 5.93. The third kappa shape index (κ3) is 1.56. The maximum Gasteiger partial charge on any atom is 0.265 e. The van der Waals surface area contributed by atoms with Crippen molar-refractivity contribution in [2.24, 2.45) is 5.84 Å². The highest BCUT2D eigenvalue weighted by Gasteiger charge is 2.03. The summed E-state index contributed by atoms with van der Waals surface area (Å²) < 4.78 is 0. The van der Waals surface area contributed by atoms with E-state index in [1.165, 1.54) is 18.3 Å². The highest BCUT2D eigenvalue weighted by Crippen LogP contribution is 1.99. The Balaban J connectivity index is 3.04. The van der Waals surface area contributed by atoms with E-state index in [-0.39, 0.29) is 5.69 Å². The van der Waals surface area contributed by atoms with Gasteiger partial charge in [-0.15, -0.1) is 0 Å². The van der Waals surface area contributed by atoms with Crippen LogP contribution in [0, 0.1) is 11.3 Å². The van der Waals surface area contributed by atoms with Crippen LogP contribution < -0.4 is 11.3 Å². The molecule has 0 saturated carbocycles. The van der Waals surface area contributed by atoms with Crippen LogP contribution >= 0.6 is 0 Å². The van der Waals surface area contributed by atoms with Gasteiger partial charge in [0.15, 0.2) is 0 Å². The molecule has 1 aromatic heterocycles. The smallest absolute Gasteiger partial charge is 0.265 e. The van der Waals surface area contributed by atoms with Gasteiger partial charge in [0.1, 0.15) is 11.8 Å². The normalized spacial score (nSPS) is 8.67. The lowest BCUT2D eigenvalue weighted by Gasteiger charge is -1.97. The molecule has 0 atom stereocenters. The van der Waals surface area contributed by atoms with E-state index >= 15 is 0 Å². The number of hydrogen-bond acceptors (Lipinski definition) is 4. The molecule has 0 aliphatic carbocycles. The van der Waals surface area contributed by atoms with E-state index in [9.17, 15) is 4.79 Å². The summed E-state index contributed by atoms with van der Waals surface area (Å²) in [6.07, 6.45) is 1.38. The molecule has 0 unspecified atom stereocenters. The van der Waals surface area contributed by atoms with Gasteiger partial charge in [-0.1, -0.05) is 0 Å². The molecule has 1 aromatic rings. The average Bonchev–Trinajstić information content (AvgIpc) is 2.17. The lowest BCUT2D eigenvalue weighted by atomic mass is 10.1. The number of hydrazine groups is 1. The zero-order valence-corrected chi connectivity index (χ0v) is 6.11. The van der Waals surface area contributed by atoms with Crippen molar-refractivity contribution in [3.8, 4) is 6.07 Å². The van der Waals surface area contributed by atoms with Gasteiger partial charge in [-0.2, -0.15) is 5.26 Å². The second-order valence-corrected chi connectivity index (χ2v) is 2.02. The molecular weight excluding hydrogens is 155 g/mol. The van der Waals surface area contributed by atoms with Gasteiger partial charge in [-0.05, 0) is 12.1 Å². The molecule has 0 radical (unpaired) electrons. The lowest BCUT2D eigenvalue weighted by Crippen LogP contribution is -2.30. The monoisotopic (exact) mass is 161 g/mol. The minimum absolute atomic E-state index is 0.191. The Kier molecular flexibility index (Phi) is 2.35. The van der Waals surface area contributed by atoms with Crippen molar-refractivity contribution in [1.29, 1.82) is 5.26 Å². The van der Waals surface area contributed by atoms with E-state index < -0.39 is 5.91 Å². The number of carbonyl (C=O) groups is 1. The van der Waals surface area contributed by atoms with Gasteiger partial charge < -0.3 is 0 Å². The average molecular weight is 161 g/mol. The largest absolute Gasteiger partial charge is 0.290 e. The van der Waals surface area contributed by atoms with Crippen molar-refractivity contribution < 1.29 is 4.79 Å². The highest BCUT2D eigenvalue weighted by atomic mass is 16.2. The van der Waals surface area contributed by atoms with E-state index in [4.69, 9.17) is 11.1 Å². The summed E-state index contributed by atoms with van der Waals surface area (Å²) in [6.45, 7) is 0. The van der Waals surface area contributed by atoms with Crippen molar-refractivity contribution in [2.45, 2.75) is 0 Å². The molecule has 0 spiro atoms. The molecule has 12 heavy (non-hydrogen) atoms. The fourth-order valence-electron chi connectivity index (χ4n) is 0.716. The number of carbonyl (C=O) groups excluding carboxylic acids is 1. The quantitative estimate of drug-likeness (QED) is 0.331. The molecule has 0 aromatic carbocycles. The topological polar surface area (TPSA) is 91.8 Å². The molecule has 3 N–H and O–H groups in total. The number of pyridine rings is 1. The maximum absolute atomic E-state index is 10.9. The van der Waals surface area contributed by atoms with Gasteiger partial charge in [0.2, 0.25) is 0 Å². The molecule has 1 rings (SSSR count). The first-order valence-electron chi connectivity index (χ1n) is 3.15. The Bertz CT molecular complexity index is 342. The Morgan fingerprint density at radius 2 is 2.50 bits per heavy atom. The third-order valence-electron chi connectivity index (χ3n) is 1.27. The minimum Gasteiger partial charge on any atom is -0.290 e. The van der Waals surface area contributed by atoms with E-state index in [0.717, 1.165) is 0 Å². The third-order valence-corrected chi connectivity index (χ3v) is 1.27. The second-order valence-electron chi connectivity index (χ2n) is 2.02. The van der Waals surface area contributed by atoms with Crippen LogP contribution in [0.25, 0.3) is 0 Å². The van der Waals surface area contributed by atoms with Crippen molar-refractivity contribution in [3.05, 3.63) is 29.6 Å². The number of nitrogens with one attached hydrogen (secondary N) is 1. The number of hydrogen-bond donors (Lipinski definition) is 2. The van der Waals surface area contributed by atoms with Crippen LogP contribution in [-0.4, -0.2) is 10.9 Å². The molecule has 1 heterocycles. The summed E-state index contributed by atoms with van der Waals surface area (Å²) in [7, 11) is 0. The standard InChI is InChI=1S/C7H6N4O/c8-4-6-3-5(1-2-10-6)7(12)11-9/h1-3H,9H2,(H,11,12)/i4-1. The zero-order chi connectivity index (χ0) is 8.97. The van der Waals surface area contributed by atoms with E-state index in [1.807, 2.05) is 11.5 Å². The number of nitrogen functional groups attached to an aromatic ring is 1. The van der Waals surface area contributed by atoms with Crippen LogP contribution in [-0.2, 0) is 0 Å². The fourth-order valence-corrected chi connectivity index (χ4v) is 0.716. The molecule has 1 amide bonds. The van der Waals surface area contributed by atoms with Crippen molar-refractivity contribution in [1.82, 2.24) is 10.4 Å². The number of rotatable bonds is 1. The first-order chi connectivity index (χ1) is 5.77. The van der Waals surface area contributed by atoms with Crippen LogP contribution in [0.2, 0.25) is 0 Å². The van der Waals surface area contributed by atoms with Gasteiger partial charge >= 0.3 is 0 Å². The van der Waals surface area contributed by atoms with Crippen LogP contribution in [0.3, 0.4) is 0 Å². The molecular formula is C7H6N4O. The van der Waals surface area contributed by atoms with Crippen molar-refractivity contribution in [3.63, 3.8) is 0 Å². The summed E-state index contributed by atoms with van der Waals surface area (Å²) >= 11 is 0. The summed E-state index contributed by atoms with van der Waals surface area (Å²) in [6, 6.07) is 4.65. The molecule has 60 valence electrons. The lowest BCUT2D eigenvalue weighted by molar-refractivity contribution is 0.0953. The molecule has 5 nitrogen and oxygen atoms in total. The predicted molar refractivity (Wildman–Crippen MR) is 40.6 cm³/mol.